The van der Waals surface area contributed by atoms with Gasteiger partial charge in [-0.1, -0.05) is 13.3 Å². The van der Waals surface area contributed by atoms with E-state index < -0.39 is 0 Å². The first-order valence-electron chi connectivity index (χ1n) is 2.62. The minimum absolute atomic E-state index is 0.719. The Kier molecular flexibility index (Phi) is 21.0. The molecule has 0 unspecified atom stereocenters. The summed E-state index contributed by atoms with van der Waals surface area (Å²) in [6.45, 7) is 2.08. The molecule has 0 fully saturated rings. The second-order valence-corrected chi connectivity index (χ2v) is 1.26. The summed E-state index contributed by atoms with van der Waals surface area (Å²) in [4.78, 5) is 0. The molecule has 8 heavy (non-hydrogen) atoms. The van der Waals surface area contributed by atoms with Crippen molar-refractivity contribution in [2.75, 3.05) is 0 Å². The second-order valence-electron chi connectivity index (χ2n) is 1.26. The van der Waals surface area contributed by atoms with E-state index in [-0.39, 0.29) is 0 Å². The van der Waals surface area contributed by atoms with E-state index in [2.05, 4.69) is 24.7 Å². The van der Waals surface area contributed by atoms with Crippen molar-refractivity contribution in [3.05, 3.63) is 0 Å². The van der Waals surface area contributed by atoms with Crippen LogP contribution in [0.1, 0.15) is 26.2 Å². The summed E-state index contributed by atoms with van der Waals surface area (Å²) in [6, 6.07) is 2.07. The highest BCUT2D eigenvalue weighted by molar-refractivity contribution is 4.66. The highest BCUT2D eigenvalue weighted by Gasteiger charge is 1.74. The number of rotatable bonds is 2. The van der Waals surface area contributed by atoms with Crippen LogP contribution >= 0.6 is 0 Å². The number of nitriles is 1. The third-order valence-electron chi connectivity index (χ3n) is 0.642. The summed E-state index contributed by atoms with van der Waals surface area (Å²) in [5.41, 5.74) is 0. The molecule has 48 valence electrons. The first-order chi connectivity index (χ1) is 3.91. The first kappa shape index (κ1) is 10.4. The van der Waals surface area contributed by atoms with E-state index in [9.17, 15) is 0 Å². The highest BCUT2D eigenvalue weighted by Crippen LogP contribution is 1.88. The van der Waals surface area contributed by atoms with Gasteiger partial charge in [0.25, 0.3) is 0 Å². The number of nitrogens with two attached hydrogens (primary N) is 2. The van der Waals surface area contributed by atoms with Crippen LogP contribution in [0, 0.1) is 11.3 Å². The van der Waals surface area contributed by atoms with Crippen molar-refractivity contribution in [3.8, 4) is 6.07 Å². The molecular formula is C5H13N3. The fourth-order valence-electron chi connectivity index (χ4n) is 0.256. The van der Waals surface area contributed by atoms with Gasteiger partial charge in [0.15, 0.2) is 0 Å². The van der Waals surface area contributed by atoms with Gasteiger partial charge >= 0.3 is 0 Å². The first-order valence-corrected chi connectivity index (χ1v) is 2.62. The van der Waals surface area contributed by atoms with Gasteiger partial charge in [0, 0.05) is 6.42 Å². The van der Waals surface area contributed by atoms with Gasteiger partial charge in [0.05, 0.1) is 6.07 Å². The maximum atomic E-state index is 7.95. The van der Waals surface area contributed by atoms with Crippen LogP contribution in [0.2, 0.25) is 0 Å². The Labute approximate surface area is 50.2 Å². The minimum Gasteiger partial charge on any atom is -0.274 e. The quantitative estimate of drug-likeness (QED) is 0.313. The Morgan fingerprint density at radius 3 is 2.12 bits per heavy atom. The Morgan fingerprint density at radius 1 is 1.50 bits per heavy atom. The van der Waals surface area contributed by atoms with E-state index in [1.165, 1.54) is 0 Å². The lowest BCUT2D eigenvalue weighted by atomic mass is 10.3. The summed E-state index contributed by atoms with van der Waals surface area (Å²) in [6.07, 6.45) is 2.90. The number of nitrogens with zero attached hydrogens (tertiary/aromatic N) is 1. The van der Waals surface area contributed by atoms with Crippen LogP contribution in [0.15, 0.2) is 0 Å². The van der Waals surface area contributed by atoms with E-state index >= 15 is 0 Å². The smallest absolute Gasteiger partial charge is 0.0621 e. The van der Waals surface area contributed by atoms with Crippen molar-refractivity contribution in [3.63, 3.8) is 0 Å². The van der Waals surface area contributed by atoms with Gasteiger partial charge in [-0.15, -0.1) is 0 Å². The zero-order valence-corrected chi connectivity index (χ0v) is 5.22. The van der Waals surface area contributed by atoms with E-state index in [0.717, 1.165) is 19.3 Å². The molecule has 0 aliphatic rings. The average molecular weight is 115 g/mol. The van der Waals surface area contributed by atoms with Crippen LogP contribution in [0.4, 0.5) is 0 Å². The molecule has 0 radical (unpaired) electrons. The second kappa shape index (κ2) is 16.1. The molecule has 0 atom stereocenters. The Hall–Kier alpha value is -0.590. The lowest BCUT2D eigenvalue weighted by Gasteiger charge is -1.77. The van der Waals surface area contributed by atoms with E-state index in [4.69, 9.17) is 5.26 Å². The van der Waals surface area contributed by atoms with Gasteiger partial charge in [-0.2, -0.15) is 5.26 Å². The summed E-state index contributed by atoms with van der Waals surface area (Å²) in [5.74, 6) is 8.00. The van der Waals surface area contributed by atoms with Crippen LogP contribution < -0.4 is 11.7 Å². The molecule has 0 aromatic heterocycles. The molecule has 0 saturated carbocycles. The fraction of sp³-hybridized carbons (Fsp3) is 0.800. The van der Waals surface area contributed by atoms with Gasteiger partial charge in [0.2, 0.25) is 0 Å². The Morgan fingerprint density at radius 2 is 2.00 bits per heavy atom. The van der Waals surface area contributed by atoms with Gasteiger partial charge < -0.3 is 0 Å². The Bertz CT molecular complexity index is 55.2. The van der Waals surface area contributed by atoms with Crippen molar-refractivity contribution in [1.82, 2.24) is 0 Å². The van der Waals surface area contributed by atoms with E-state index in [1.807, 2.05) is 0 Å². The zero-order valence-electron chi connectivity index (χ0n) is 5.22. The van der Waals surface area contributed by atoms with Crippen LogP contribution in [0.5, 0.6) is 0 Å². The molecule has 3 heteroatoms. The average Bonchev–Trinajstić information content (AvgIpc) is 1.88. The van der Waals surface area contributed by atoms with E-state index in [1.54, 1.807) is 0 Å². The van der Waals surface area contributed by atoms with Crippen LogP contribution in [-0.4, -0.2) is 0 Å². The normalized spacial score (nSPS) is 6.25. The molecule has 0 bridgehead atoms. The lowest BCUT2D eigenvalue weighted by molar-refractivity contribution is 0.822. The monoisotopic (exact) mass is 115 g/mol. The maximum absolute atomic E-state index is 7.95. The third kappa shape index (κ3) is 18.1. The number of hydrogen-bond donors (Lipinski definition) is 2. The molecule has 0 aliphatic heterocycles. The largest absolute Gasteiger partial charge is 0.274 e. The molecule has 0 amide bonds. The fourth-order valence-corrected chi connectivity index (χ4v) is 0.256. The van der Waals surface area contributed by atoms with Crippen molar-refractivity contribution >= 4 is 0 Å². The molecule has 0 saturated heterocycles. The zero-order chi connectivity index (χ0) is 6.83. The van der Waals surface area contributed by atoms with Crippen LogP contribution in [-0.2, 0) is 0 Å². The van der Waals surface area contributed by atoms with Gasteiger partial charge in [-0.3, -0.25) is 11.7 Å². The number of hydrazine groups is 1. The minimum atomic E-state index is 0.719. The summed E-state index contributed by atoms with van der Waals surface area (Å²) in [7, 11) is 0. The highest BCUT2D eigenvalue weighted by atomic mass is 15.0. The maximum Gasteiger partial charge on any atom is 0.0621 e. The predicted octanol–water partition coefficient (Wildman–Crippen LogP) is 0.519. The molecule has 0 aromatic carbocycles. The SMILES string of the molecule is CCCCC#N.NN. The van der Waals surface area contributed by atoms with Crippen LogP contribution in [0.25, 0.3) is 0 Å². The number of hydrogen-bond acceptors (Lipinski definition) is 3. The van der Waals surface area contributed by atoms with Crippen molar-refractivity contribution in [2.24, 2.45) is 11.7 Å². The van der Waals surface area contributed by atoms with Gasteiger partial charge in [-0.05, 0) is 6.42 Å². The molecule has 4 N–H and O–H groups in total. The van der Waals surface area contributed by atoms with Gasteiger partial charge in [0.1, 0.15) is 0 Å². The topological polar surface area (TPSA) is 75.8 Å². The van der Waals surface area contributed by atoms with Crippen LogP contribution in [0.3, 0.4) is 0 Å². The Balaban J connectivity index is 0. The van der Waals surface area contributed by atoms with Crippen molar-refractivity contribution < 1.29 is 0 Å². The van der Waals surface area contributed by atoms with Gasteiger partial charge in [-0.25, -0.2) is 0 Å². The predicted molar refractivity (Wildman–Crippen MR) is 33.5 cm³/mol. The van der Waals surface area contributed by atoms with Crippen molar-refractivity contribution in [2.45, 2.75) is 26.2 Å². The molecular weight excluding hydrogens is 102 g/mol. The molecule has 3 nitrogen and oxygen atoms in total. The molecule has 0 rings (SSSR count). The number of unbranched alkanes of at least 4 members (excludes halogenated alkanes) is 2. The lowest BCUT2D eigenvalue weighted by Crippen LogP contribution is -2.02. The van der Waals surface area contributed by atoms with E-state index in [0.29, 0.717) is 0 Å². The summed E-state index contributed by atoms with van der Waals surface area (Å²) in [5, 5.41) is 7.95. The molecule has 0 aliphatic carbocycles. The van der Waals surface area contributed by atoms with Crippen molar-refractivity contribution in [1.29, 1.82) is 5.26 Å². The standard InChI is InChI=1S/C5H9N.H4N2/c1-2-3-4-5-6;1-2/h2-4H2,1H3;1-2H2. The summed E-state index contributed by atoms with van der Waals surface area (Å²) < 4.78 is 0. The molecule has 0 heterocycles. The summed E-state index contributed by atoms with van der Waals surface area (Å²) >= 11 is 0. The third-order valence-corrected chi connectivity index (χ3v) is 0.642. The molecule has 0 aromatic rings. The molecule has 0 spiro atoms.